The van der Waals surface area contributed by atoms with E-state index in [1.54, 1.807) is 23.9 Å². The third-order valence-corrected chi connectivity index (χ3v) is 4.57. The number of carbonyl (C=O) groups excluding carboxylic acids is 1. The number of nitrogens with one attached hydrogen (secondary N) is 1. The minimum Gasteiger partial charge on any atom is -0.475 e. The van der Waals surface area contributed by atoms with Crippen LogP contribution in [0.2, 0.25) is 0 Å². The number of thioether (sulfide) groups is 1. The molecule has 3 aromatic rings. The van der Waals surface area contributed by atoms with E-state index in [4.69, 9.17) is 4.74 Å². The van der Waals surface area contributed by atoms with Crippen molar-refractivity contribution in [2.75, 3.05) is 12.0 Å². The van der Waals surface area contributed by atoms with Gasteiger partial charge in [0.25, 0.3) is 5.91 Å². The molecule has 0 aromatic carbocycles. The molecule has 0 spiro atoms. The van der Waals surface area contributed by atoms with Crippen molar-refractivity contribution in [3.8, 4) is 5.88 Å². The number of aromatic nitrogens is 4. The number of hydrogen-bond acceptors (Lipinski definition) is 6. The number of hydrogen-bond donors (Lipinski definition) is 1. The quantitative estimate of drug-likeness (QED) is 0.642. The molecule has 0 radical (unpaired) electrons. The van der Waals surface area contributed by atoms with Crippen LogP contribution in [0.4, 0.5) is 0 Å². The molecule has 27 heavy (non-hydrogen) atoms. The van der Waals surface area contributed by atoms with Crippen molar-refractivity contribution in [3.05, 3.63) is 54.1 Å². The summed E-state index contributed by atoms with van der Waals surface area (Å²) in [6.07, 6.45) is 6.26. The predicted octanol–water partition coefficient (Wildman–Crippen LogP) is 3.14. The Hall–Kier alpha value is -2.61. The van der Waals surface area contributed by atoms with Gasteiger partial charge in [-0.25, -0.2) is 4.98 Å². The smallest absolute Gasteiger partial charge is 0.253 e. The van der Waals surface area contributed by atoms with Crippen LogP contribution in [-0.4, -0.2) is 43.6 Å². The van der Waals surface area contributed by atoms with Crippen LogP contribution in [0.3, 0.4) is 0 Å². The lowest BCUT2D eigenvalue weighted by Gasteiger charge is -2.17. The van der Waals surface area contributed by atoms with Gasteiger partial charge in [0.1, 0.15) is 0 Å². The predicted molar refractivity (Wildman–Crippen MR) is 106 cm³/mol. The topological polar surface area (TPSA) is 81.4 Å². The van der Waals surface area contributed by atoms with Gasteiger partial charge in [0.15, 0.2) is 11.5 Å². The average Bonchev–Trinajstić information content (AvgIpc) is 3.09. The SMILES string of the molecule is CSCCC(NC(=O)c1ccc(OC(C)C)nc1)c1nnc2ccccn12. The van der Waals surface area contributed by atoms with Crippen molar-refractivity contribution < 1.29 is 9.53 Å². The third kappa shape index (κ3) is 4.77. The number of carbonyl (C=O) groups is 1. The fraction of sp³-hybridized carbons (Fsp3) is 0.368. The molecule has 0 aliphatic rings. The zero-order valence-electron chi connectivity index (χ0n) is 15.6. The average molecular weight is 385 g/mol. The van der Waals surface area contributed by atoms with E-state index in [0.29, 0.717) is 11.4 Å². The monoisotopic (exact) mass is 385 g/mol. The van der Waals surface area contributed by atoms with E-state index in [-0.39, 0.29) is 18.1 Å². The van der Waals surface area contributed by atoms with Crippen LogP contribution in [0, 0.1) is 0 Å². The summed E-state index contributed by atoms with van der Waals surface area (Å²) >= 11 is 1.73. The summed E-state index contributed by atoms with van der Waals surface area (Å²) in [5.74, 6) is 1.92. The molecule has 1 unspecified atom stereocenters. The highest BCUT2D eigenvalue weighted by Crippen LogP contribution is 2.19. The van der Waals surface area contributed by atoms with Gasteiger partial charge < -0.3 is 10.1 Å². The molecule has 3 heterocycles. The van der Waals surface area contributed by atoms with Gasteiger partial charge in [-0.15, -0.1) is 10.2 Å². The van der Waals surface area contributed by atoms with Crippen LogP contribution < -0.4 is 10.1 Å². The second kappa shape index (κ2) is 8.85. The van der Waals surface area contributed by atoms with Gasteiger partial charge in [-0.3, -0.25) is 9.20 Å². The summed E-state index contributed by atoms with van der Waals surface area (Å²) in [5, 5.41) is 11.6. The highest BCUT2D eigenvalue weighted by Gasteiger charge is 2.21. The van der Waals surface area contributed by atoms with Crippen molar-refractivity contribution in [2.45, 2.75) is 32.4 Å². The lowest BCUT2D eigenvalue weighted by Crippen LogP contribution is -2.30. The van der Waals surface area contributed by atoms with Crippen LogP contribution in [0.15, 0.2) is 42.7 Å². The standard InChI is InChI=1S/C19H23N5O2S/c1-13(2)26-17-8-7-14(12-20-17)19(25)21-15(9-11-27-3)18-23-22-16-6-4-5-10-24(16)18/h4-8,10,12-13,15H,9,11H2,1-3H3,(H,21,25). The lowest BCUT2D eigenvalue weighted by molar-refractivity contribution is 0.0933. The van der Waals surface area contributed by atoms with Gasteiger partial charge >= 0.3 is 0 Å². The molecule has 142 valence electrons. The van der Waals surface area contributed by atoms with Crippen molar-refractivity contribution in [1.82, 2.24) is 24.9 Å². The van der Waals surface area contributed by atoms with Gasteiger partial charge in [-0.1, -0.05) is 6.07 Å². The van der Waals surface area contributed by atoms with E-state index in [2.05, 4.69) is 20.5 Å². The molecule has 1 amide bonds. The van der Waals surface area contributed by atoms with Crippen molar-refractivity contribution >= 4 is 23.3 Å². The second-order valence-electron chi connectivity index (χ2n) is 6.35. The summed E-state index contributed by atoms with van der Waals surface area (Å²) in [5.41, 5.74) is 1.24. The Kier molecular flexibility index (Phi) is 6.28. The Labute approximate surface area is 162 Å². The van der Waals surface area contributed by atoms with Crippen molar-refractivity contribution in [2.24, 2.45) is 0 Å². The summed E-state index contributed by atoms with van der Waals surface area (Å²) in [6.45, 7) is 3.86. The van der Waals surface area contributed by atoms with Gasteiger partial charge in [-0.05, 0) is 50.5 Å². The minimum absolute atomic E-state index is 0.0364. The van der Waals surface area contributed by atoms with Crippen LogP contribution >= 0.6 is 11.8 Å². The Morgan fingerprint density at radius 3 is 2.81 bits per heavy atom. The maximum Gasteiger partial charge on any atom is 0.253 e. The fourth-order valence-corrected chi connectivity index (χ4v) is 3.14. The largest absolute Gasteiger partial charge is 0.475 e. The molecule has 0 saturated carbocycles. The molecule has 1 atom stereocenters. The molecular formula is C19H23N5O2S. The number of rotatable bonds is 8. The first-order valence-corrected chi connectivity index (χ1v) is 10.2. The molecule has 7 nitrogen and oxygen atoms in total. The summed E-state index contributed by atoms with van der Waals surface area (Å²) in [4.78, 5) is 16.9. The normalized spacial score (nSPS) is 12.3. The molecule has 1 N–H and O–H groups in total. The zero-order valence-corrected chi connectivity index (χ0v) is 16.4. The lowest BCUT2D eigenvalue weighted by atomic mass is 10.2. The van der Waals surface area contributed by atoms with E-state index < -0.39 is 0 Å². The number of nitrogens with zero attached hydrogens (tertiary/aromatic N) is 4. The first-order chi connectivity index (χ1) is 13.1. The highest BCUT2D eigenvalue weighted by atomic mass is 32.2. The van der Waals surface area contributed by atoms with Crippen LogP contribution in [-0.2, 0) is 0 Å². The minimum atomic E-state index is -0.242. The first-order valence-electron chi connectivity index (χ1n) is 8.80. The molecule has 3 rings (SSSR count). The summed E-state index contributed by atoms with van der Waals surface area (Å²) < 4.78 is 7.43. The first kappa shape index (κ1) is 19.2. The maximum absolute atomic E-state index is 12.7. The summed E-state index contributed by atoms with van der Waals surface area (Å²) in [7, 11) is 0. The van der Waals surface area contributed by atoms with Crippen molar-refractivity contribution in [1.29, 1.82) is 0 Å². The molecule has 0 saturated heterocycles. The molecule has 3 aromatic heterocycles. The molecule has 0 aliphatic heterocycles. The van der Waals surface area contributed by atoms with Crippen LogP contribution in [0.1, 0.15) is 42.5 Å². The van der Waals surface area contributed by atoms with Gasteiger partial charge in [-0.2, -0.15) is 11.8 Å². The molecule has 8 heteroatoms. The van der Waals surface area contributed by atoms with Crippen molar-refractivity contribution in [3.63, 3.8) is 0 Å². The van der Waals surface area contributed by atoms with Gasteiger partial charge in [0, 0.05) is 18.5 Å². The number of fused-ring (bicyclic) bond motifs is 1. The molecule has 0 bridgehead atoms. The number of ether oxygens (including phenoxy) is 1. The van der Waals surface area contributed by atoms with Crippen LogP contribution in [0.25, 0.3) is 5.65 Å². The van der Waals surface area contributed by atoms with E-state index >= 15 is 0 Å². The second-order valence-corrected chi connectivity index (χ2v) is 7.33. The molecular weight excluding hydrogens is 362 g/mol. The summed E-state index contributed by atoms with van der Waals surface area (Å²) in [6, 6.07) is 8.90. The Balaban J connectivity index is 1.79. The highest BCUT2D eigenvalue weighted by molar-refractivity contribution is 7.98. The Morgan fingerprint density at radius 1 is 1.26 bits per heavy atom. The molecule has 0 fully saturated rings. The van der Waals surface area contributed by atoms with Gasteiger partial charge in [0.2, 0.25) is 5.88 Å². The maximum atomic E-state index is 12.7. The third-order valence-electron chi connectivity index (χ3n) is 3.92. The van der Waals surface area contributed by atoms with E-state index in [9.17, 15) is 4.79 Å². The van der Waals surface area contributed by atoms with Crippen LogP contribution in [0.5, 0.6) is 5.88 Å². The zero-order chi connectivity index (χ0) is 19.2. The van der Waals surface area contributed by atoms with Gasteiger partial charge in [0.05, 0.1) is 17.7 Å². The van der Waals surface area contributed by atoms with E-state index in [0.717, 1.165) is 23.6 Å². The number of pyridine rings is 2. The molecule has 0 aliphatic carbocycles. The van der Waals surface area contributed by atoms with E-state index in [1.807, 2.05) is 48.9 Å². The van der Waals surface area contributed by atoms with E-state index in [1.165, 1.54) is 6.20 Å². The Morgan fingerprint density at radius 2 is 2.11 bits per heavy atom. The number of amides is 1. The fourth-order valence-electron chi connectivity index (χ4n) is 2.67. The Bertz CT molecular complexity index is 895.